The van der Waals surface area contributed by atoms with Crippen LogP contribution < -0.4 is 5.73 Å². The first-order chi connectivity index (χ1) is 2.56. The van der Waals surface area contributed by atoms with Gasteiger partial charge in [0, 0.05) is 17.1 Å². The molecule has 6 heteroatoms. The van der Waals surface area contributed by atoms with Crippen LogP contribution in [0.2, 0.25) is 0 Å². The summed E-state index contributed by atoms with van der Waals surface area (Å²) in [7, 11) is -3.87. The molecule has 0 saturated carbocycles. The van der Waals surface area contributed by atoms with Crippen molar-refractivity contribution in [2.24, 2.45) is 5.73 Å². The van der Waals surface area contributed by atoms with Crippen molar-refractivity contribution in [3.05, 3.63) is 0 Å². The molecule has 0 aromatic heterocycles. The molecular formula is CH6FeNO3P. The first kappa shape index (κ1) is 10.6. The van der Waals surface area contributed by atoms with Crippen molar-refractivity contribution in [2.75, 3.05) is 6.29 Å². The van der Waals surface area contributed by atoms with E-state index >= 15 is 0 Å². The molecule has 0 aliphatic carbocycles. The molecule has 0 spiro atoms. The predicted molar refractivity (Wildman–Crippen MR) is 21.1 cm³/mol. The zero-order chi connectivity index (χ0) is 5.21. The SMILES string of the molecule is NCP(=O)(O)O.[Fe]. The Hall–Kier alpha value is 0.629. The maximum absolute atomic E-state index is 9.57. The normalized spacial score (nSPS) is 10.1. The summed E-state index contributed by atoms with van der Waals surface area (Å²) in [4.78, 5) is 15.6. The minimum absolute atomic E-state index is 0. The molecule has 0 aromatic rings. The third-order valence-corrected chi connectivity index (χ3v) is 0.714. The van der Waals surface area contributed by atoms with E-state index < -0.39 is 13.9 Å². The fourth-order valence-corrected chi connectivity index (χ4v) is 0. The van der Waals surface area contributed by atoms with Crippen molar-refractivity contribution in [2.45, 2.75) is 0 Å². The average molecular weight is 167 g/mol. The Kier molecular flexibility index (Phi) is 5.46. The Morgan fingerprint density at radius 1 is 1.57 bits per heavy atom. The summed E-state index contributed by atoms with van der Waals surface area (Å²) in [5.41, 5.74) is 4.54. The molecule has 0 fully saturated rings. The van der Waals surface area contributed by atoms with Crippen molar-refractivity contribution in [3.63, 3.8) is 0 Å². The smallest absolute Gasteiger partial charge is 0.324 e. The number of hydrogen-bond donors (Lipinski definition) is 3. The van der Waals surface area contributed by atoms with Crippen molar-refractivity contribution in [1.82, 2.24) is 0 Å². The van der Waals surface area contributed by atoms with Crippen LogP contribution in [0.3, 0.4) is 0 Å². The summed E-state index contributed by atoms with van der Waals surface area (Å²) >= 11 is 0. The van der Waals surface area contributed by atoms with Gasteiger partial charge in [-0.05, 0) is 0 Å². The minimum atomic E-state index is -3.87. The molecule has 0 bridgehead atoms. The van der Waals surface area contributed by atoms with E-state index in [4.69, 9.17) is 9.79 Å². The third kappa shape index (κ3) is 10.8. The Morgan fingerprint density at radius 2 is 1.71 bits per heavy atom. The van der Waals surface area contributed by atoms with Gasteiger partial charge in [-0.2, -0.15) is 0 Å². The van der Waals surface area contributed by atoms with Gasteiger partial charge in [-0.25, -0.2) is 0 Å². The fourth-order valence-electron chi connectivity index (χ4n) is 0. The molecule has 46 valence electrons. The quantitative estimate of drug-likeness (QED) is 0.348. The standard InChI is InChI=1S/CH6NO3P.Fe/c2-1-6(3,4)5;/h1-2H2,(H2,3,4,5);. The van der Waals surface area contributed by atoms with Crippen molar-refractivity contribution >= 4 is 7.60 Å². The molecule has 0 aromatic carbocycles. The molecule has 0 radical (unpaired) electrons. The molecule has 0 rings (SSSR count). The van der Waals surface area contributed by atoms with Gasteiger partial charge in [0.15, 0.2) is 0 Å². The van der Waals surface area contributed by atoms with Gasteiger partial charge in [0.2, 0.25) is 0 Å². The van der Waals surface area contributed by atoms with Crippen LogP contribution >= 0.6 is 7.60 Å². The van der Waals surface area contributed by atoms with Crippen molar-refractivity contribution in [3.8, 4) is 0 Å². The van der Waals surface area contributed by atoms with Gasteiger partial charge in [-0.3, -0.25) is 4.57 Å². The van der Waals surface area contributed by atoms with Gasteiger partial charge in [-0.15, -0.1) is 0 Å². The van der Waals surface area contributed by atoms with E-state index in [0.717, 1.165) is 0 Å². The molecule has 7 heavy (non-hydrogen) atoms. The van der Waals surface area contributed by atoms with Gasteiger partial charge in [0.1, 0.15) is 0 Å². The summed E-state index contributed by atoms with van der Waals surface area (Å²) in [6.07, 6.45) is -0.562. The van der Waals surface area contributed by atoms with Crippen LogP contribution in [0.4, 0.5) is 0 Å². The maximum atomic E-state index is 9.57. The number of rotatable bonds is 1. The van der Waals surface area contributed by atoms with Crippen molar-refractivity contribution in [1.29, 1.82) is 0 Å². The van der Waals surface area contributed by atoms with Gasteiger partial charge in [0.25, 0.3) is 0 Å². The average Bonchev–Trinajstić information content (AvgIpc) is 1.35. The predicted octanol–water partition coefficient (Wildman–Crippen LogP) is -0.922. The maximum Gasteiger partial charge on any atom is 0.338 e. The number of hydrogen-bond acceptors (Lipinski definition) is 2. The van der Waals surface area contributed by atoms with E-state index in [9.17, 15) is 4.57 Å². The Balaban J connectivity index is 0. The molecule has 0 aliphatic heterocycles. The van der Waals surface area contributed by atoms with Crippen molar-refractivity contribution < 1.29 is 31.4 Å². The topological polar surface area (TPSA) is 83.6 Å². The second-order valence-corrected chi connectivity index (χ2v) is 2.54. The molecule has 0 atom stereocenters. The summed E-state index contributed by atoms with van der Waals surface area (Å²) < 4.78 is 9.57. The van der Waals surface area contributed by atoms with Crippen LogP contribution in [0.15, 0.2) is 0 Å². The minimum Gasteiger partial charge on any atom is -0.324 e. The first-order valence-corrected chi connectivity index (χ1v) is 3.10. The van der Waals surface area contributed by atoms with Crippen LogP contribution in [0, 0.1) is 0 Å². The zero-order valence-electron chi connectivity index (χ0n) is 3.39. The molecule has 0 saturated heterocycles. The van der Waals surface area contributed by atoms with Crippen LogP contribution in [-0.2, 0) is 21.6 Å². The molecule has 0 amide bonds. The molecular weight excluding hydrogens is 161 g/mol. The Bertz CT molecular complexity index is 79.0. The van der Waals surface area contributed by atoms with Gasteiger partial charge in [-0.1, -0.05) is 0 Å². The Morgan fingerprint density at radius 3 is 1.71 bits per heavy atom. The third-order valence-electron chi connectivity index (χ3n) is 0.238. The molecule has 0 aliphatic rings. The van der Waals surface area contributed by atoms with Crippen LogP contribution in [0.25, 0.3) is 0 Å². The monoisotopic (exact) mass is 167 g/mol. The fraction of sp³-hybridized carbons (Fsp3) is 1.00. The van der Waals surface area contributed by atoms with Crippen LogP contribution in [0.1, 0.15) is 0 Å². The Labute approximate surface area is 51.7 Å². The van der Waals surface area contributed by atoms with Gasteiger partial charge >= 0.3 is 7.60 Å². The zero-order valence-corrected chi connectivity index (χ0v) is 5.39. The van der Waals surface area contributed by atoms with Gasteiger partial charge in [0.05, 0.1) is 6.29 Å². The molecule has 0 unspecified atom stereocenters. The molecule has 4 nitrogen and oxygen atoms in total. The summed E-state index contributed by atoms with van der Waals surface area (Å²) in [6, 6.07) is 0. The summed E-state index contributed by atoms with van der Waals surface area (Å²) in [5.74, 6) is 0. The van der Waals surface area contributed by atoms with E-state index in [-0.39, 0.29) is 17.1 Å². The first-order valence-electron chi connectivity index (χ1n) is 1.31. The molecule has 0 heterocycles. The molecule has 4 N–H and O–H groups in total. The van der Waals surface area contributed by atoms with E-state index in [0.29, 0.717) is 0 Å². The van der Waals surface area contributed by atoms with E-state index in [2.05, 4.69) is 5.73 Å². The second-order valence-electron chi connectivity index (χ2n) is 0.847. The van der Waals surface area contributed by atoms with Crippen LogP contribution in [0.5, 0.6) is 0 Å². The largest absolute Gasteiger partial charge is 0.338 e. The number of nitrogens with two attached hydrogens (primary N) is 1. The van der Waals surface area contributed by atoms with E-state index in [1.807, 2.05) is 0 Å². The summed E-state index contributed by atoms with van der Waals surface area (Å²) in [5, 5.41) is 0. The second kappa shape index (κ2) is 3.61. The van der Waals surface area contributed by atoms with Gasteiger partial charge < -0.3 is 15.5 Å². The van der Waals surface area contributed by atoms with E-state index in [1.54, 1.807) is 0 Å². The summed E-state index contributed by atoms with van der Waals surface area (Å²) in [6.45, 7) is 0. The van der Waals surface area contributed by atoms with E-state index in [1.165, 1.54) is 0 Å². The van der Waals surface area contributed by atoms with Crippen LogP contribution in [-0.4, -0.2) is 16.1 Å².